The van der Waals surface area contributed by atoms with E-state index in [1.54, 1.807) is 0 Å². The van der Waals surface area contributed by atoms with Crippen LogP contribution in [0.2, 0.25) is 5.15 Å². The second kappa shape index (κ2) is 8.96. The van der Waals surface area contributed by atoms with Gasteiger partial charge in [-0.3, -0.25) is 0 Å². The Bertz CT molecular complexity index is 1830. The molecular formula is C33H21ClN4. The molecule has 0 N–H and O–H groups in total. The molecule has 5 aromatic rings. The first-order valence-electron chi connectivity index (χ1n) is 12.2. The van der Waals surface area contributed by atoms with Crippen molar-refractivity contribution in [1.82, 2.24) is 9.97 Å². The monoisotopic (exact) mass is 508 g/mol. The van der Waals surface area contributed by atoms with Gasteiger partial charge in [-0.05, 0) is 57.6 Å². The molecule has 1 heterocycles. The summed E-state index contributed by atoms with van der Waals surface area (Å²) >= 11 is 6.46. The Morgan fingerprint density at radius 3 is 2.05 bits per heavy atom. The molecule has 0 bridgehead atoms. The normalized spacial score (nSPS) is 12.8. The lowest BCUT2D eigenvalue weighted by molar-refractivity contribution is 0.660. The van der Waals surface area contributed by atoms with Gasteiger partial charge in [-0.1, -0.05) is 92.2 Å². The molecule has 0 atom stereocenters. The van der Waals surface area contributed by atoms with E-state index in [1.807, 2.05) is 54.6 Å². The van der Waals surface area contributed by atoms with Crippen LogP contribution in [0.25, 0.3) is 44.9 Å². The summed E-state index contributed by atoms with van der Waals surface area (Å²) in [5.41, 5.74) is 9.74. The summed E-state index contributed by atoms with van der Waals surface area (Å²) in [5.74, 6) is 0.465. The van der Waals surface area contributed by atoms with Gasteiger partial charge in [0.15, 0.2) is 11.0 Å². The zero-order valence-corrected chi connectivity index (χ0v) is 21.6. The third kappa shape index (κ3) is 3.75. The standard InChI is InChI=1S/C33H21ClN4/c1-33(2)28-15-20(18-35)11-13-25(28)26-14-12-23(17-29(26)33)22-9-6-10-24(16-22)32-37-30(21-7-4-3-5-8-21)27(19-36)31(34)38-32/h3-17H,1-2H3. The predicted molar refractivity (Wildman–Crippen MR) is 150 cm³/mol. The largest absolute Gasteiger partial charge is 0.226 e. The number of nitrogens with zero attached hydrogens (tertiary/aromatic N) is 4. The van der Waals surface area contributed by atoms with E-state index in [0.29, 0.717) is 17.1 Å². The van der Waals surface area contributed by atoms with Crippen molar-refractivity contribution in [1.29, 1.82) is 10.5 Å². The highest BCUT2D eigenvalue weighted by atomic mass is 35.5. The molecule has 0 aliphatic heterocycles. The molecule has 180 valence electrons. The van der Waals surface area contributed by atoms with Gasteiger partial charge in [-0.15, -0.1) is 0 Å². The van der Waals surface area contributed by atoms with Crippen molar-refractivity contribution < 1.29 is 0 Å². The fourth-order valence-corrected chi connectivity index (χ4v) is 5.50. The fraction of sp³-hybridized carbons (Fsp3) is 0.0909. The van der Waals surface area contributed by atoms with Crippen LogP contribution in [-0.2, 0) is 5.41 Å². The number of hydrogen-bond acceptors (Lipinski definition) is 4. The lowest BCUT2D eigenvalue weighted by Gasteiger charge is -2.22. The van der Waals surface area contributed by atoms with E-state index in [9.17, 15) is 10.5 Å². The third-order valence-electron chi connectivity index (χ3n) is 7.28. The molecule has 0 saturated heterocycles. The highest BCUT2D eigenvalue weighted by Crippen LogP contribution is 2.50. The minimum Gasteiger partial charge on any atom is -0.226 e. The van der Waals surface area contributed by atoms with Gasteiger partial charge in [0.25, 0.3) is 0 Å². The molecule has 4 aromatic carbocycles. The Hall–Kier alpha value is -4.77. The molecule has 0 fully saturated rings. The molecule has 0 unspecified atom stereocenters. The minimum absolute atomic E-state index is 0.135. The van der Waals surface area contributed by atoms with E-state index in [0.717, 1.165) is 22.3 Å². The van der Waals surface area contributed by atoms with Crippen molar-refractivity contribution in [3.05, 3.63) is 118 Å². The number of rotatable bonds is 3. The fourth-order valence-electron chi connectivity index (χ4n) is 5.29. The van der Waals surface area contributed by atoms with Crippen LogP contribution in [0, 0.1) is 22.7 Å². The third-order valence-corrected chi connectivity index (χ3v) is 7.56. The molecule has 0 amide bonds. The molecule has 4 nitrogen and oxygen atoms in total. The van der Waals surface area contributed by atoms with Crippen LogP contribution in [0.5, 0.6) is 0 Å². The summed E-state index contributed by atoms with van der Waals surface area (Å²) < 4.78 is 0. The number of nitriles is 2. The van der Waals surface area contributed by atoms with Crippen LogP contribution >= 0.6 is 11.6 Å². The molecule has 0 spiro atoms. The number of aromatic nitrogens is 2. The van der Waals surface area contributed by atoms with E-state index in [2.05, 4.69) is 67.4 Å². The Kier molecular flexibility index (Phi) is 5.57. The second-order valence-corrected chi connectivity index (χ2v) is 10.2. The summed E-state index contributed by atoms with van der Waals surface area (Å²) in [4.78, 5) is 9.22. The van der Waals surface area contributed by atoms with Crippen LogP contribution < -0.4 is 0 Å². The lowest BCUT2D eigenvalue weighted by Crippen LogP contribution is -2.15. The van der Waals surface area contributed by atoms with Crippen molar-refractivity contribution in [3.8, 4) is 57.0 Å². The van der Waals surface area contributed by atoms with Gasteiger partial charge in [0.2, 0.25) is 0 Å². The maximum atomic E-state index is 9.70. The SMILES string of the molecule is CC1(C)c2cc(C#N)ccc2-c2ccc(-c3cccc(-c4nc(Cl)c(C#N)c(-c5ccccc5)n4)c3)cc21. The molecule has 38 heavy (non-hydrogen) atoms. The quantitative estimate of drug-likeness (QED) is 0.230. The van der Waals surface area contributed by atoms with Gasteiger partial charge < -0.3 is 0 Å². The van der Waals surface area contributed by atoms with Crippen LogP contribution in [0.4, 0.5) is 0 Å². The number of halogens is 1. The van der Waals surface area contributed by atoms with E-state index in [1.165, 1.54) is 22.3 Å². The van der Waals surface area contributed by atoms with Gasteiger partial charge in [-0.2, -0.15) is 10.5 Å². The Labute approximate surface area is 226 Å². The first-order chi connectivity index (χ1) is 18.4. The van der Waals surface area contributed by atoms with Gasteiger partial charge in [0.1, 0.15) is 11.6 Å². The van der Waals surface area contributed by atoms with Crippen molar-refractivity contribution >= 4 is 11.6 Å². The van der Waals surface area contributed by atoms with E-state index >= 15 is 0 Å². The summed E-state index contributed by atoms with van der Waals surface area (Å²) in [7, 11) is 0. The van der Waals surface area contributed by atoms with Gasteiger partial charge in [0.05, 0.1) is 17.3 Å². The molecule has 6 rings (SSSR count). The number of hydrogen-bond donors (Lipinski definition) is 0. The van der Waals surface area contributed by atoms with Gasteiger partial charge in [-0.25, -0.2) is 9.97 Å². The smallest absolute Gasteiger partial charge is 0.161 e. The molecule has 5 heteroatoms. The van der Waals surface area contributed by atoms with Gasteiger partial charge >= 0.3 is 0 Å². The van der Waals surface area contributed by atoms with Crippen molar-refractivity contribution in [2.45, 2.75) is 19.3 Å². The van der Waals surface area contributed by atoms with E-state index < -0.39 is 0 Å². The van der Waals surface area contributed by atoms with Crippen LogP contribution in [0.15, 0.2) is 91.0 Å². The Morgan fingerprint density at radius 1 is 0.658 bits per heavy atom. The van der Waals surface area contributed by atoms with Crippen molar-refractivity contribution in [2.24, 2.45) is 0 Å². The maximum absolute atomic E-state index is 9.70. The molecule has 0 radical (unpaired) electrons. The number of fused-ring (bicyclic) bond motifs is 3. The second-order valence-electron chi connectivity index (χ2n) is 9.88. The highest BCUT2D eigenvalue weighted by Gasteiger charge is 2.35. The maximum Gasteiger partial charge on any atom is 0.161 e. The van der Waals surface area contributed by atoms with Crippen LogP contribution in [0.3, 0.4) is 0 Å². The molecule has 1 aromatic heterocycles. The first kappa shape index (κ1) is 23.6. The molecule has 0 saturated carbocycles. The van der Waals surface area contributed by atoms with Gasteiger partial charge in [0, 0.05) is 16.5 Å². The van der Waals surface area contributed by atoms with E-state index in [4.69, 9.17) is 16.6 Å². The summed E-state index contributed by atoms with van der Waals surface area (Å²) in [6.45, 7) is 4.41. The minimum atomic E-state index is -0.223. The summed E-state index contributed by atoms with van der Waals surface area (Å²) in [6.07, 6.45) is 0. The predicted octanol–water partition coefficient (Wildman–Crippen LogP) is 8.18. The first-order valence-corrected chi connectivity index (χ1v) is 12.6. The van der Waals surface area contributed by atoms with E-state index in [-0.39, 0.29) is 16.1 Å². The van der Waals surface area contributed by atoms with Crippen molar-refractivity contribution in [3.63, 3.8) is 0 Å². The molecule has 1 aliphatic rings. The van der Waals surface area contributed by atoms with Crippen LogP contribution in [-0.4, -0.2) is 9.97 Å². The Balaban J connectivity index is 1.44. The molecular weight excluding hydrogens is 488 g/mol. The zero-order chi connectivity index (χ0) is 26.4. The lowest BCUT2D eigenvalue weighted by atomic mass is 9.81. The van der Waals surface area contributed by atoms with Crippen molar-refractivity contribution in [2.75, 3.05) is 0 Å². The topological polar surface area (TPSA) is 73.4 Å². The summed E-state index contributed by atoms with van der Waals surface area (Å²) in [6, 6.07) is 34.5. The molecule has 1 aliphatic carbocycles. The Morgan fingerprint density at radius 2 is 1.32 bits per heavy atom. The summed E-state index contributed by atoms with van der Waals surface area (Å²) in [5, 5.41) is 19.2. The highest BCUT2D eigenvalue weighted by molar-refractivity contribution is 6.31. The zero-order valence-electron chi connectivity index (χ0n) is 20.8. The average molecular weight is 509 g/mol. The average Bonchev–Trinajstić information content (AvgIpc) is 3.18. The number of benzene rings is 4. The van der Waals surface area contributed by atoms with Crippen LogP contribution in [0.1, 0.15) is 36.1 Å².